The van der Waals surface area contributed by atoms with E-state index in [-0.39, 0.29) is 11.7 Å². The van der Waals surface area contributed by atoms with Gasteiger partial charge in [-0.1, -0.05) is 18.5 Å². The summed E-state index contributed by atoms with van der Waals surface area (Å²) in [5.41, 5.74) is 5.43. The first kappa shape index (κ1) is 10.7. The summed E-state index contributed by atoms with van der Waals surface area (Å²) in [6.07, 6.45) is 0.507. The van der Waals surface area contributed by atoms with Crippen molar-refractivity contribution in [2.75, 3.05) is 6.54 Å². The Hall–Kier alpha value is -0.380. The number of ketones is 1. The van der Waals surface area contributed by atoms with E-state index in [0.29, 0.717) is 17.3 Å². The van der Waals surface area contributed by atoms with Gasteiger partial charge in [-0.3, -0.25) is 4.79 Å². The first-order valence-electron chi connectivity index (χ1n) is 4.12. The van der Waals surface area contributed by atoms with E-state index in [1.54, 1.807) is 12.1 Å². The van der Waals surface area contributed by atoms with Gasteiger partial charge in [0.25, 0.3) is 0 Å². The molecule has 2 nitrogen and oxygen atoms in total. The number of hydrogen-bond donors (Lipinski definition) is 1. The molecule has 1 heterocycles. The molecule has 72 valence electrons. The predicted molar refractivity (Wildman–Crippen MR) is 56.5 cm³/mol. The second-order valence-corrected chi connectivity index (χ2v) is 4.79. The molecule has 0 aliphatic heterocycles. The zero-order chi connectivity index (χ0) is 9.84. The normalized spacial score (nSPS) is 12.8. The topological polar surface area (TPSA) is 43.1 Å². The SMILES string of the molecule is CC(CN)CC(=O)c1ccc(Cl)s1. The van der Waals surface area contributed by atoms with Crippen LogP contribution in [0.5, 0.6) is 0 Å². The van der Waals surface area contributed by atoms with Crippen LogP contribution in [0.2, 0.25) is 4.34 Å². The summed E-state index contributed by atoms with van der Waals surface area (Å²) in [7, 11) is 0. The van der Waals surface area contributed by atoms with Crippen molar-refractivity contribution in [2.45, 2.75) is 13.3 Å². The maximum Gasteiger partial charge on any atom is 0.173 e. The Labute approximate surface area is 86.7 Å². The van der Waals surface area contributed by atoms with Gasteiger partial charge in [0.2, 0.25) is 0 Å². The van der Waals surface area contributed by atoms with E-state index < -0.39 is 0 Å². The lowest BCUT2D eigenvalue weighted by Gasteiger charge is -2.04. The summed E-state index contributed by atoms with van der Waals surface area (Å²) in [5.74, 6) is 0.378. The van der Waals surface area contributed by atoms with Crippen LogP contribution in [0.15, 0.2) is 12.1 Å². The highest BCUT2D eigenvalue weighted by molar-refractivity contribution is 7.18. The van der Waals surface area contributed by atoms with Gasteiger partial charge in [-0.25, -0.2) is 0 Å². The fourth-order valence-corrected chi connectivity index (χ4v) is 1.96. The van der Waals surface area contributed by atoms with E-state index in [1.165, 1.54) is 11.3 Å². The lowest BCUT2D eigenvalue weighted by molar-refractivity contribution is 0.0970. The van der Waals surface area contributed by atoms with Gasteiger partial charge in [0, 0.05) is 6.42 Å². The first-order chi connectivity index (χ1) is 6.13. The molecular formula is C9H12ClNOS. The predicted octanol–water partition coefficient (Wildman–Crippen LogP) is 2.57. The number of carbonyl (C=O) groups excluding carboxylic acids is 1. The minimum absolute atomic E-state index is 0.134. The van der Waals surface area contributed by atoms with E-state index in [2.05, 4.69) is 0 Å². The molecule has 1 rings (SSSR count). The molecule has 1 unspecified atom stereocenters. The molecule has 0 aliphatic carbocycles. The van der Waals surface area contributed by atoms with Crippen molar-refractivity contribution in [3.05, 3.63) is 21.3 Å². The maximum absolute atomic E-state index is 11.5. The maximum atomic E-state index is 11.5. The van der Waals surface area contributed by atoms with Gasteiger partial charge < -0.3 is 5.73 Å². The molecule has 13 heavy (non-hydrogen) atoms. The lowest BCUT2D eigenvalue weighted by Crippen LogP contribution is -2.14. The van der Waals surface area contributed by atoms with Gasteiger partial charge in [-0.2, -0.15) is 0 Å². The van der Waals surface area contributed by atoms with E-state index in [9.17, 15) is 4.79 Å². The second kappa shape index (κ2) is 4.74. The van der Waals surface area contributed by atoms with Crippen molar-refractivity contribution in [2.24, 2.45) is 11.7 Å². The number of nitrogens with two attached hydrogens (primary N) is 1. The first-order valence-corrected chi connectivity index (χ1v) is 5.31. The zero-order valence-corrected chi connectivity index (χ0v) is 8.99. The summed E-state index contributed by atoms with van der Waals surface area (Å²) >= 11 is 7.04. The quantitative estimate of drug-likeness (QED) is 0.788. The monoisotopic (exact) mass is 217 g/mol. The molecule has 0 aromatic carbocycles. The van der Waals surface area contributed by atoms with E-state index in [1.807, 2.05) is 6.92 Å². The summed E-state index contributed by atoms with van der Waals surface area (Å²) < 4.78 is 0.656. The Morgan fingerprint density at radius 2 is 2.38 bits per heavy atom. The molecule has 0 radical (unpaired) electrons. The van der Waals surface area contributed by atoms with Gasteiger partial charge >= 0.3 is 0 Å². The Bertz CT molecular complexity index is 298. The summed E-state index contributed by atoms with van der Waals surface area (Å²) in [4.78, 5) is 12.3. The highest BCUT2D eigenvalue weighted by Gasteiger charge is 2.11. The van der Waals surface area contributed by atoms with Crippen LogP contribution in [0, 0.1) is 5.92 Å². The largest absolute Gasteiger partial charge is 0.330 e. The van der Waals surface area contributed by atoms with Crippen LogP contribution in [-0.4, -0.2) is 12.3 Å². The van der Waals surface area contributed by atoms with Gasteiger partial charge in [-0.05, 0) is 24.6 Å². The summed E-state index contributed by atoms with van der Waals surface area (Å²) in [5, 5.41) is 0. The molecule has 0 amide bonds. The fourth-order valence-electron chi connectivity index (χ4n) is 0.965. The number of rotatable bonds is 4. The lowest BCUT2D eigenvalue weighted by atomic mass is 10.0. The zero-order valence-electron chi connectivity index (χ0n) is 7.42. The Balaban J connectivity index is 2.58. The third-order valence-corrected chi connectivity index (χ3v) is 3.06. The molecule has 1 atom stereocenters. The van der Waals surface area contributed by atoms with Gasteiger partial charge in [0.15, 0.2) is 5.78 Å². The van der Waals surface area contributed by atoms with Crippen molar-refractivity contribution in [3.63, 3.8) is 0 Å². The van der Waals surface area contributed by atoms with Crippen molar-refractivity contribution < 1.29 is 4.79 Å². The molecule has 0 aliphatic rings. The van der Waals surface area contributed by atoms with Crippen LogP contribution in [-0.2, 0) is 0 Å². The number of hydrogen-bond acceptors (Lipinski definition) is 3. The molecular weight excluding hydrogens is 206 g/mol. The van der Waals surface area contributed by atoms with E-state index in [4.69, 9.17) is 17.3 Å². The summed E-state index contributed by atoms with van der Waals surface area (Å²) in [6.45, 7) is 2.51. The number of Topliss-reactive ketones (excluding diaryl/α,β-unsaturated/α-hetero) is 1. The smallest absolute Gasteiger partial charge is 0.173 e. The van der Waals surface area contributed by atoms with Crippen molar-refractivity contribution in [1.82, 2.24) is 0 Å². The van der Waals surface area contributed by atoms with E-state index >= 15 is 0 Å². The van der Waals surface area contributed by atoms with Gasteiger partial charge in [-0.15, -0.1) is 11.3 Å². The molecule has 0 bridgehead atoms. The molecule has 0 saturated carbocycles. The van der Waals surface area contributed by atoms with Gasteiger partial charge in [0.1, 0.15) is 0 Å². The van der Waals surface area contributed by atoms with Crippen molar-refractivity contribution in [1.29, 1.82) is 0 Å². The van der Waals surface area contributed by atoms with Crippen LogP contribution >= 0.6 is 22.9 Å². The molecule has 0 saturated heterocycles. The van der Waals surface area contributed by atoms with Crippen LogP contribution in [0.3, 0.4) is 0 Å². The van der Waals surface area contributed by atoms with Crippen LogP contribution in [0.1, 0.15) is 23.0 Å². The standard InChI is InChI=1S/C9H12ClNOS/c1-6(5-11)4-7(12)8-2-3-9(10)13-8/h2-3,6H,4-5,11H2,1H3. The number of carbonyl (C=O) groups is 1. The third-order valence-electron chi connectivity index (χ3n) is 1.78. The van der Waals surface area contributed by atoms with Crippen molar-refractivity contribution >= 4 is 28.7 Å². The Morgan fingerprint density at radius 1 is 1.69 bits per heavy atom. The van der Waals surface area contributed by atoms with Crippen LogP contribution in [0.4, 0.5) is 0 Å². The fraction of sp³-hybridized carbons (Fsp3) is 0.444. The molecule has 0 spiro atoms. The minimum Gasteiger partial charge on any atom is -0.330 e. The van der Waals surface area contributed by atoms with E-state index in [0.717, 1.165) is 4.88 Å². The Kier molecular flexibility index (Phi) is 3.90. The van der Waals surface area contributed by atoms with Crippen LogP contribution < -0.4 is 5.73 Å². The highest BCUT2D eigenvalue weighted by atomic mass is 35.5. The second-order valence-electron chi connectivity index (χ2n) is 3.07. The number of halogens is 1. The van der Waals surface area contributed by atoms with Crippen molar-refractivity contribution in [3.8, 4) is 0 Å². The summed E-state index contributed by atoms with van der Waals surface area (Å²) in [6, 6.07) is 3.51. The minimum atomic E-state index is 0.134. The van der Waals surface area contributed by atoms with Gasteiger partial charge in [0.05, 0.1) is 9.21 Å². The average molecular weight is 218 g/mol. The molecule has 1 aromatic rings. The molecule has 4 heteroatoms. The Morgan fingerprint density at radius 3 is 2.85 bits per heavy atom. The number of thiophene rings is 1. The third kappa shape index (κ3) is 3.10. The average Bonchev–Trinajstić information content (AvgIpc) is 2.51. The molecule has 1 aromatic heterocycles. The van der Waals surface area contributed by atoms with Crippen LogP contribution in [0.25, 0.3) is 0 Å². The molecule has 2 N–H and O–H groups in total. The molecule has 0 fully saturated rings. The highest BCUT2D eigenvalue weighted by Crippen LogP contribution is 2.23.